The molecule has 0 aliphatic carbocycles. The minimum absolute atomic E-state index is 0. The molecule has 3 aromatic rings. The first kappa shape index (κ1) is 12.6. The third-order valence-electron chi connectivity index (χ3n) is 2.26. The van der Waals surface area contributed by atoms with Crippen LogP contribution < -0.4 is 12.4 Å². The van der Waals surface area contributed by atoms with E-state index in [1.807, 2.05) is 6.07 Å². The van der Waals surface area contributed by atoms with Crippen LogP contribution in [0.1, 0.15) is 0 Å². The summed E-state index contributed by atoms with van der Waals surface area (Å²) in [5, 5.41) is 7.07. The summed E-state index contributed by atoms with van der Waals surface area (Å²) in [6, 6.07) is 14.9. The van der Waals surface area contributed by atoms with Gasteiger partial charge in [0.1, 0.15) is 0 Å². The van der Waals surface area contributed by atoms with E-state index in [1.54, 1.807) is 11.3 Å². The third kappa shape index (κ3) is 2.23. The van der Waals surface area contributed by atoms with Crippen molar-refractivity contribution in [1.82, 2.24) is 0 Å². The molecule has 0 aliphatic rings. The molecular formula is C12H7ClSZn-. The van der Waals surface area contributed by atoms with Crippen molar-refractivity contribution in [2.45, 2.75) is 0 Å². The van der Waals surface area contributed by atoms with Gasteiger partial charge in [-0.1, -0.05) is 24.3 Å². The molecule has 0 nitrogen and oxygen atoms in total. The number of thiophene rings is 1. The minimum atomic E-state index is 0. The summed E-state index contributed by atoms with van der Waals surface area (Å²) >= 11 is 1.68. The molecule has 0 bridgehead atoms. The zero-order chi connectivity index (χ0) is 8.67. The standard InChI is InChI=1S/C12H7S.ClH.Zn/c1-2-4-10-8-12-11(5-6-13-12)7-9(10)3-1;;/h1-5,7-8H;1H;/p-1. The number of hydrogen-bond acceptors (Lipinski definition) is 1. The average Bonchev–Trinajstić information content (AvgIpc) is 2.61. The maximum Gasteiger partial charge on any atom is 0.0455 e. The van der Waals surface area contributed by atoms with E-state index >= 15 is 0 Å². The van der Waals surface area contributed by atoms with Gasteiger partial charge in [0, 0.05) is 29.6 Å². The Bertz CT molecular complexity index is 524. The average molecular weight is 284 g/mol. The summed E-state index contributed by atoms with van der Waals surface area (Å²) in [7, 11) is 0. The third-order valence-corrected chi connectivity index (χ3v) is 3.07. The summed E-state index contributed by atoms with van der Waals surface area (Å²) in [6.07, 6.45) is 0. The van der Waals surface area contributed by atoms with Gasteiger partial charge in [-0.15, -0.1) is 11.3 Å². The second kappa shape index (κ2) is 5.07. The molecule has 0 atom stereocenters. The van der Waals surface area contributed by atoms with Crippen LogP contribution in [0, 0.1) is 5.38 Å². The van der Waals surface area contributed by atoms with E-state index in [-0.39, 0.29) is 31.9 Å². The summed E-state index contributed by atoms with van der Waals surface area (Å²) in [4.78, 5) is 0. The van der Waals surface area contributed by atoms with Crippen LogP contribution >= 0.6 is 11.3 Å². The Kier molecular flexibility index (Phi) is 4.27. The van der Waals surface area contributed by atoms with Crippen LogP contribution in [0.2, 0.25) is 0 Å². The van der Waals surface area contributed by atoms with Gasteiger partial charge in [0.2, 0.25) is 0 Å². The molecule has 15 heavy (non-hydrogen) atoms. The van der Waals surface area contributed by atoms with Crippen molar-refractivity contribution in [1.29, 1.82) is 0 Å². The summed E-state index contributed by atoms with van der Waals surface area (Å²) in [5.74, 6) is 0. The fraction of sp³-hybridized carbons (Fsp3) is 0. The molecule has 3 rings (SSSR count). The van der Waals surface area contributed by atoms with Crippen molar-refractivity contribution in [3.63, 3.8) is 0 Å². The van der Waals surface area contributed by atoms with Gasteiger partial charge < -0.3 is 12.4 Å². The van der Waals surface area contributed by atoms with Gasteiger partial charge in [-0.05, 0) is 34.4 Å². The molecule has 0 N–H and O–H groups in total. The zero-order valence-corrected chi connectivity index (χ0v) is 12.6. The fourth-order valence-electron chi connectivity index (χ4n) is 1.59. The largest absolute Gasteiger partial charge is 1.00 e. The molecule has 0 saturated carbocycles. The Labute approximate surface area is 111 Å². The molecule has 0 saturated heterocycles. The number of rotatable bonds is 0. The predicted octanol–water partition coefficient (Wildman–Crippen LogP) is 0.856. The van der Waals surface area contributed by atoms with E-state index in [4.69, 9.17) is 0 Å². The van der Waals surface area contributed by atoms with Crippen molar-refractivity contribution >= 4 is 32.2 Å². The van der Waals surface area contributed by atoms with Crippen LogP contribution in [-0.4, -0.2) is 0 Å². The normalized spacial score (nSPS) is 9.60. The van der Waals surface area contributed by atoms with Gasteiger partial charge in [-0.2, -0.15) is 0 Å². The van der Waals surface area contributed by atoms with Crippen LogP contribution in [0.25, 0.3) is 20.9 Å². The van der Waals surface area contributed by atoms with E-state index < -0.39 is 0 Å². The summed E-state index contributed by atoms with van der Waals surface area (Å²) in [5.41, 5.74) is 0. The molecule has 0 amide bonds. The van der Waals surface area contributed by atoms with E-state index in [0.717, 1.165) is 0 Å². The summed E-state index contributed by atoms with van der Waals surface area (Å²) < 4.78 is 1.32. The molecule has 0 spiro atoms. The second-order valence-corrected chi connectivity index (χ2v) is 3.98. The van der Waals surface area contributed by atoms with E-state index in [0.29, 0.717) is 0 Å². The molecule has 3 heteroatoms. The molecule has 2 aromatic carbocycles. The van der Waals surface area contributed by atoms with E-state index in [1.165, 1.54) is 20.9 Å². The summed E-state index contributed by atoms with van der Waals surface area (Å²) in [6.45, 7) is 0. The number of halogens is 1. The Morgan fingerprint density at radius 1 is 0.933 bits per heavy atom. The molecule has 71 valence electrons. The molecule has 1 aromatic heterocycles. The van der Waals surface area contributed by atoms with E-state index in [2.05, 4.69) is 41.8 Å². The maximum absolute atomic E-state index is 3.15. The Morgan fingerprint density at radius 2 is 1.60 bits per heavy atom. The van der Waals surface area contributed by atoms with Crippen LogP contribution in [0.4, 0.5) is 0 Å². The van der Waals surface area contributed by atoms with Crippen molar-refractivity contribution in [3.8, 4) is 0 Å². The van der Waals surface area contributed by atoms with Crippen molar-refractivity contribution in [3.05, 3.63) is 47.8 Å². The zero-order valence-electron chi connectivity index (χ0n) is 8.03. The van der Waals surface area contributed by atoms with Gasteiger partial charge in [0.05, 0.1) is 0 Å². The number of fused-ring (bicyclic) bond motifs is 2. The molecule has 1 heterocycles. The second-order valence-electron chi connectivity index (χ2n) is 3.10. The SMILES string of the molecule is [Cl-].[Zn].[c]1cc2cc3ccccc3cc2s1. The Hall–Kier alpha value is -0.427. The van der Waals surface area contributed by atoms with Crippen LogP contribution in [0.3, 0.4) is 0 Å². The quantitative estimate of drug-likeness (QED) is 0.537. The molecule has 0 fully saturated rings. The molecule has 0 unspecified atom stereocenters. The molecular weight excluding hydrogens is 277 g/mol. The maximum atomic E-state index is 3.15. The van der Waals surface area contributed by atoms with Crippen LogP contribution in [-0.2, 0) is 19.5 Å². The van der Waals surface area contributed by atoms with Crippen molar-refractivity contribution in [2.24, 2.45) is 0 Å². The van der Waals surface area contributed by atoms with Gasteiger partial charge in [-0.3, -0.25) is 0 Å². The van der Waals surface area contributed by atoms with E-state index in [9.17, 15) is 0 Å². The minimum Gasteiger partial charge on any atom is -1.00 e. The van der Waals surface area contributed by atoms with Crippen molar-refractivity contribution < 1.29 is 31.9 Å². The van der Waals surface area contributed by atoms with Gasteiger partial charge in [0.25, 0.3) is 0 Å². The van der Waals surface area contributed by atoms with Crippen LogP contribution in [0.15, 0.2) is 42.5 Å². The van der Waals surface area contributed by atoms with Gasteiger partial charge in [-0.25, -0.2) is 0 Å². The molecule has 0 aliphatic heterocycles. The topological polar surface area (TPSA) is 0 Å². The monoisotopic (exact) mass is 282 g/mol. The fourth-order valence-corrected chi connectivity index (χ4v) is 2.33. The van der Waals surface area contributed by atoms with Crippen LogP contribution in [0.5, 0.6) is 0 Å². The van der Waals surface area contributed by atoms with Gasteiger partial charge in [0.15, 0.2) is 0 Å². The smallest absolute Gasteiger partial charge is 0.0455 e. The Morgan fingerprint density at radius 3 is 2.33 bits per heavy atom. The molecule has 1 radical (unpaired) electrons. The first-order valence-corrected chi connectivity index (χ1v) is 5.03. The predicted molar refractivity (Wildman–Crippen MR) is 58.2 cm³/mol. The first-order valence-electron chi connectivity index (χ1n) is 4.22. The van der Waals surface area contributed by atoms with Gasteiger partial charge >= 0.3 is 0 Å². The number of benzene rings is 2. The van der Waals surface area contributed by atoms with Crippen molar-refractivity contribution in [2.75, 3.05) is 0 Å². The number of hydrogen-bond donors (Lipinski definition) is 0. The Balaban J connectivity index is 0.000000562. The first-order chi connectivity index (χ1) is 6.43.